The second-order valence-corrected chi connectivity index (χ2v) is 6.95. The van der Waals surface area contributed by atoms with Gasteiger partial charge in [-0.05, 0) is 30.3 Å². The van der Waals surface area contributed by atoms with Gasteiger partial charge in [-0.1, -0.05) is 29.8 Å². The Balaban J connectivity index is 1.49. The molecule has 2 aliphatic rings. The second-order valence-electron chi connectivity index (χ2n) is 6.51. The van der Waals surface area contributed by atoms with Crippen LogP contribution in [0.4, 0.5) is 5.69 Å². The number of nitrogens with one attached hydrogen (secondary N) is 2. The van der Waals surface area contributed by atoms with E-state index in [0.717, 1.165) is 5.69 Å². The average molecular weight is 356 g/mol. The number of hydrogen-bond donors (Lipinski definition) is 2. The van der Waals surface area contributed by atoms with Gasteiger partial charge in [-0.15, -0.1) is 0 Å². The van der Waals surface area contributed by atoms with Crippen molar-refractivity contribution >= 4 is 29.1 Å². The van der Waals surface area contributed by atoms with Crippen LogP contribution < -0.4 is 10.6 Å². The Morgan fingerprint density at radius 1 is 1.04 bits per heavy atom. The fraction of sp³-hybridized carbons (Fsp3) is 0.263. The first kappa shape index (κ1) is 16.0. The summed E-state index contributed by atoms with van der Waals surface area (Å²) < 4.78 is 0. The molecule has 2 aromatic carbocycles. The van der Waals surface area contributed by atoms with E-state index < -0.39 is 5.66 Å². The molecule has 0 bridgehead atoms. The number of para-hydroxylation sites is 1. The third-order valence-corrected chi connectivity index (χ3v) is 5.11. The van der Waals surface area contributed by atoms with Gasteiger partial charge < -0.3 is 15.5 Å². The molecule has 1 fully saturated rings. The molecule has 4 rings (SSSR count). The number of carbonyl (C=O) groups is 2. The molecule has 0 atom stereocenters. The maximum Gasteiger partial charge on any atom is 0.255 e. The lowest BCUT2D eigenvalue weighted by Crippen LogP contribution is -2.62. The van der Waals surface area contributed by atoms with E-state index in [-0.39, 0.29) is 11.8 Å². The highest BCUT2D eigenvalue weighted by atomic mass is 35.5. The molecule has 0 aliphatic carbocycles. The van der Waals surface area contributed by atoms with E-state index >= 15 is 0 Å². The molecule has 2 aromatic rings. The third kappa shape index (κ3) is 2.96. The van der Waals surface area contributed by atoms with Crippen molar-refractivity contribution in [1.82, 2.24) is 10.2 Å². The summed E-state index contributed by atoms with van der Waals surface area (Å²) in [5, 5.41) is 7.10. The highest BCUT2D eigenvalue weighted by Crippen LogP contribution is 2.31. The first-order chi connectivity index (χ1) is 12.1. The van der Waals surface area contributed by atoms with Crippen LogP contribution >= 0.6 is 11.6 Å². The number of carbonyl (C=O) groups excluding carboxylic acids is 2. The summed E-state index contributed by atoms with van der Waals surface area (Å²) in [6.45, 7) is 1.14. The van der Waals surface area contributed by atoms with Crippen LogP contribution in [0.3, 0.4) is 0 Å². The Morgan fingerprint density at radius 2 is 1.80 bits per heavy atom. The van der Waals surface area contributed by atoms with Crippen LogP contribution in [-0.2, 0) is 0 Å². The maximum atomic E-state index is 12.6. The number of nitrogens with zero attached hydrogens (tertiary/aromatic N) is 1. The first-order valence-electron chi connectivity index (χ1n) is 8.31. The monoisotopic (exact) mass is 355 g/mol. The van der Waals surface area contributed by atoms with E-state index in [9.17, 15) is 9.59 Å². The lowest BCUT2D eigenvalue weighted by atomic mass is 9.92. The number of likely N-dealkylation sites (tertiary alicyclic amines) is 1. The predicted octanol–water partition coefficient (Wildman–Crippen LogP) is 3.13. The van der Waals surface area contributed by atoms with Crippen molar-refractivity contribution in [3.05, 3.63) is 64.7 Å². The summed E-state index contributed by atoms with van der Waals surface area (Å²) in [6, 6.07) is 14.5. The van der Waals surface area contributed by atoms with Crippen LogP contribution in [-0.4, -0.2) is 35.5 Å². The summed E-state index contributed by atoms with van der Waals surface area (Å²) in [7, 11) is 0. The number of amides is 2. The van der Waals surface area contributed by atoms with Crippen molar-refractivity contribution in [3.63, 3.8) is 0 Å². The van der Waals surface area contributed by atoms with Gasteiger partial charge in [0.15, 0.2) is 0 Å². The SMILES string of the molecule is O=C1NC2(CCN(C(=O)c3cccc(Cl)c3)CC2)Nc2ccccc21. The van der Waals surface area contributed by atoms with Crippen LogP contribution in [0.5, 0.6) is 0 Å². The molecule has 1 spiro atoms. The van der Waals surface area contributed by atoms with Crippen molar-refractivity contribution in [2.45, 2.75) is 18.5 Å². The van der Waals surface area contributed by atoms with Gasteiger partial charge in [0.2, 0.25) is 0 Å². The fourth-order valence-corrected chi connectivity index (χ4v) is 3.70. The van der Waals surface area contributed by atoms with Crippen molar-refractivity contribution in [3.8, 4) is 0 Å². The van der Waals surface area contributed by atoms with Gasteiger partial charge in [0.05, 0.1) is 5.56 Å². The summed E-state index contributed by atoms with van der Waals surface area (Å²) >= 11 is 5.98. The lowest BCUT2D eigenvalue weighted by Gasteiger charge is -2.45. The minimum absolute atomic E-state index is 0.0279. The summed E-state index contributed by atoms with van der Waals surface area (Å²) in [5.74, 6) is -0.0937. The largest absolute Gasteiger partial charge is 0.362 e. The van der Waals surface area contributed by atoms with Crippen LogP contribution in [0.25, 0.3) is 0 Å². The van der Waals surface area contributed by atoms with Crippen LogP contribution in [0.1, 0.15) is 33.6 Å². The molecule has 25 heavy (non-hydrogen) atoms. The van der Waals surface area contributed by atoms with Crippen LogP contribution in [0.15, 0.2) is 48.5 Å². The lowest BCUT2D eigenvalue weighted by molar-refractivity contribution is 0.0639. The Bertz CT molecular complexity index is 844. The van der Waals surface area contributed by atoms with E-state index in [2.05, 4.69) is 10.6 Å². The van der Waals surface area contributed by atoms with Crippen LogP contribution in [0, 0.1) is 0 Å². The highest BCUT2D eigenvalue weighted by Gasteiger charge is 2.40. The molecular formula is C19H18ClN3O2. The average Bonchev–Trinajstić information content (AvgIpc) is 2.62. The topological polar surface area (TPSA) is 61.4 Å². The zero-order chi connectivity index (χ0) is 17.4. The number of rotatable bonds is 1. The predicted molar refractivity (Wildman–Crippen MR) is 96.9 cm³/mol. The molecule has 2 heterocycles. The molecular weight excluding hydrogens is 338 g/mol. The summed E-state index contributed by atoms with van der Waals surface area (Å²) in [4.78, 5) is 26.8. The molecule has 5 nitrogen and oxygen atoms in total. The second kappa shape index (κ2) is 6.08. The number of hydrogen-bond acceptors (Lipinski definition) is 3. The number of halogens is 1. The molecule has 128 valence electrons. The minimum Gasteiger partial charge on any atom is -0.362 e. The molecule has 2 aliphatic heterocycles. The molecule has 6 heteroatoms. The van der Waals surface area contributed by atoms with E-state index in [1.54, 1.807) is 24.3 Å². The normalized spacial score (nSPS) is 18.3. The molecule has 0 saturated carbocycles. The Hall–Kier alpha value is -2.53. The van der Waals surface area contributed by atoms with Gasteiger partial charge >= 0.3 is 0 Å². The van der Waals surface area contributed by atoms with E-state index in [1.807, 2.05) is 29.2 Å². The molecule has 2 N–H and O–H groups in total. The molecule has 1 saturated heterocycles. The molecule has 0 aromatic heterocycles. The highest BCUT2D eigenvalue weighted by molar-refractivity contribution is 6.30. The van der Waals surface area contributed by atoms with E-state index in [1.165, 1.54) is 0 Å². The molecule has 0 unspecified atom stereocenters. The van der Waals surface area contributed by atoms with Gasteiger partial charge in [-0.2, -0.15) is 0 Å². The van der Waals surface area contributed by atoms with E-state index in [4.69, 9.17) is 11.6 Å². The number of fused-ring (bicyclic) bond motifs is 1. The van der Waals surface area contributed by atoms with Gasteiger partial charge in [-0.3, -0.25) is 9.59 Å². The van der Waals surface area contributed by atoms with Gasteiger partial charge in [-0.25, -0.2) is 0 Å². The Morgan fingerprint density at radius 3 is 2.56 bits per heavy atom. The maximum absolute atomic E-state index is 12.6. The van der Waals surface area contributed by atoms with Crippen LogP contribution in [0.2, 0.25) is 5.02 Å². The van der Waals surface area contributed by atoms with Crippen molar-refractivity contribution in [2.75, 3.05) is 18.4 Å². The molecule has 2 amide bonds. The Labute approximate surface area is 151 Å². The fourth-order valence-electron chi connectivity index (χ4n) is 3.51. The smallest absolute Gasteiger partial charge is 0.255 e. The standard InChI is InChI=1S/C19H18ClN3O2/c20-14-5-3-4-13(12-14)18(25)23-10-8-19(9-11-23)21-16-7-2-1-6-15(16)17(24)22-19/h1-7,12,21H,8-11H2,(H,22,24). The summed E-state index contributed by atoms with van der Waals surface area (Å²) in [6.07, 6.45) is 1.30. The van der Waals surface area contributed by atoms with E-state index in [0.29, 0.717) is 42.1 Å². The van der Waals surface area contributed by atoms with Crippen molar-refractivity contribution in [2.24, 2.45) is 0 Å². The van der Waals surface area contributed by atoms with Gasteiger partial charge in [0.25, 0.3) is 11.8 Å². The van der Waals surface area contributed by atoms with Crippen molar-refractivity contribution < 1.29 is 9.59 Å². The quantitative estimate of drug-likeness (QED) is 0.826. The van der Waals surface area contributed by atoms with Gasteiger partial charge in [0, 0.05) is 42.2 Å². The minimum atomic E-state index is -0.490. The number of piperidine rings is 1. The zero-order valence-corrected chi connectivity index (χ0v) is 14.3. The van der Waals surface area contributed by atoms with Crippen molar-refractivity contribution in [1.29, 1.82) is 0 Å². The number of benzene rings is 2. The first-order valence-corrected chi connectivity index (χ1v) is 8.69. The van der Waals surface area contributed by atoms with Gasteiger partial charge in [0.1, 0.15) is 5.66 Å². The Kier molecular flexibility index (Phi) is 3.88. The number of anilines is 1. The zero-order valence-electron chi connectivity index (χ0n) is 13.6. The summed E-state index contributed by atoms with van der Waals surface area (Å²) in [5.41, 5.74) is 1.61. The molecule has 0 radical (unpaired) electrons. The third-order valence-electron chi connectivity index (χ3n) is 4.87.